The predicted octanol–water partition coefficient (Wildman–Crippen LogP) is 4.34. The van der Waals surface area contributed by atoms with E-state index in [1.165, 1.54) is 0 Å². The van der Waals surface area contributed by atoms with Crippen molar-refractivity contribution < 1.29 is 14.7 Å². The number of H-pyrrole nitrogens is 1. The summed E-state index contributed by atoms with van der Waals surface area (Å²) in [5.74, 6) is -0.310. The van der Waals surface area contributed by atoms with Crippen LogP contribution in [0.4, 0.5) is 5.69 Å². The number of hydrogen-bond acceptors (Lipinski definition) is 3. The number of likely N-dealkylation sites (tertiary alicyclic amines) is 1. The summed E-state index contributed by atoms with van der Waals surface area (Å²) in [5.41, 5.74) is 5.92. The zero-order valence-electron chi connectivity index (χ0n) is 17.5. The average molecular weight is 448 g/mol. The maximum atomic E-state index is 12.9. The Bertz CT molecular complexity index is 1280. The van der Waals surface area contributed by atoms with Crippen molar-refractivity contribution in [1.29, 1.82) is 0 Å². The Morgan fingerprint density at radius 3 is 2.81 bits per heavy atom. The summed E-state index contributed by atoms with van der Waals surface area (Å²) in [7, 11) is 0. The van der Waals surface area contributed by atoms with E-state index >= 15 is 0 Å². The molecule has 1 atom stereocenters. The van der Waals surface area contributed by atoms with Crippen molar-refractivity contribution in [1.82, 2.24) is 9.88 Å². The SMILES string of the molecule is Cc1c(C(=O)N2CC[C@H](O)C2)c[nH]c1C=C1C(=O)Nc2cccc(-c3cccc(Cl)c3)c21. The molecule has 2 aliphatic rings. The molecule has 1 fully saturated rings. The van der Waals surface area contributed by atoms with E-state index in [-0.39, 0.29) is 11.8 Å². The van der Waals surface area contributed by atoms with Gasteiger partial charge in [-0.05, 0) is 54.3 Å². The number of halogens is 1. The van der Waals surface area contributed by atoms with Crippen LogP contribution >= 0.6 is 11.6 Å². The molecule has 5 rings (SSSR count). The van der Waals surface area contributed by atoms with Crippen molar-refractivity contribution in [3.8, 4) is 11.1 Å². The number of carbonyl (C=O) groups excluding carboxylic acids is 2. The molecule has 0 bridgehead atoms. The molecule has 0 spiro atoms. The van der Waals surface area contributed by atoms with Gasteiger partial charge in [-0.25, -0.2) is 0 Å². The van der Waals surface area contributed by atoms with Gasteiger partial charge >= 0.3 is 0 Å². The highest BCUT2D eigenvalue weighted by Crippen LogP contribution is 2.41. The fourth-order valence-electron chi connectivity index (χ4n) is 4.41. The van der Waals surface area contributed by atoms with Crippen molar-refractivity contribution in [2.24, 2.45) is 0 Å². The number of amides is 2. The van der Waals surface area contributed by atoms with Crippen LogP contribution in [-0.2, 0) is 4.79 Å². The highest BCUT2D eigenvalue weighted by atomic mass is 35.5. The van der Waals surface area contributed by atoms with Crippen LogP contribution in [0.15, 0.2) is 48.7 Å². The number of carbonyl (C=O) groups is 2. The summed E-state index contributed by atoms with van der Waals surface area (Å²) in [6.45, 7) is 2.75. The molecule has 7 heteroatoms. The molecule has 2 aromatic carbocycles. The summed E-state index contributed by atoms with van der Waals surface area (Å²) in [6.07, 6.45) is 3.59. The molecular weight excluding hydrogens is 426 g/mol. The maximum absolute atomic E-state index is 12.9. The molecule has 0 radical (unpaired) electrons. The van der Waals surface area contributed by atoms with Crippen LogP contribution in [0.5, 0.6) is 0 Å². The van der Waals surface area contributed by atoms with E-state index in [2.05, 4.69) is 10.3 Å². The van der Waals surface area contributed by atoms with Crippen LogP contribution in [0, 0.1) is 6.92 Å². The van der Waals surface area contributed by atoms with E-state index in [0.29, 0.717) is 41.4 Å². The maximum Gasteiger partial charge on any atom is 0.256 e. The van der Waals surface area contributed by atoms with Crippen molar-refractivity contribution in [3.63, 3.8) is 0 Å². The molecule has 1 aromatic heterocycles. The number of anilines is 1. The molecule has 6 nitrogen and oxygen atoms in total. The highest BCUT2D eigenvalue weighted by molar-refractivity contribution is 6.36. The van der Waals surface area contributed by atoms with Crippen molar-refractivity contribution in [2.75, 3.05) is 18.4 Å². The molecule has 2 amide bonds. The number of nitrogens with zero attached hydrogens (tertiary/aromatic N) is 1. The van der Waals surface area contributed by atoms with E-state index in [9.17, 15) is 14.7 Å². The van der Waals surface area contributed by atoms with Gasteiger partial charge in [0.25, 0.3) is 11.8 Å². The monoisotopic (exact) mass is 447 g/mol. The van der Waals surface area contributed by atoms with Gasteiger partial charge in [0.05, 0.1) is 17.2 Å². The molecule has 0 saturated carbocycles. The number of aromatic amines is 1. The molecular formula is C25H22ClN3O3. The average Bonchev–Trinajstić information content (AvgIpc) is 3.45. The van der Waals surface area contributed by atoms with Gasteiger partial charge in [0.2, 0.25) is 0 Å². The molecule has 3 N–H and O–H groups in total. The van der Waals surface area contributed by atoms with Gasteiger partial charge in [0.15, 0.2) is 0 Å². The van der Waals surface area contributed by atoms with Gasteiger partial charge in [-0.3, -0.25) is 9.59 Å². The lowest BCUT2D eigenvalue weighted by atomic mass is 9.94. The quantitative estimate of drug-likeness (QED) is 0.522. The van der Waals surface area contributed by atoms with Crippen molar-refractivity contribution >= 4 is 40.8 Å². The number of benzene rings is 2. The third kappa shape index (κ3) is 3.51. The van der Waals surface area contributed by atoms with Crippen LogP contribution in [0.1, 0.15) is 33.6 Å². The first-order chi connectivity index (χ1) is 15.4. The Morgan fingerprint density at radius 1 is 1.25 bits per heavy atom. The van der Waals surface area contributed by atoms with Crippen molar-refractivity contribution in [3.05, 3.63) is 76.1 Å². The van der Waals surface area contributed by atoms with Crippen LogP contribution in [0.3, 0.4) is 0 Å². The van der Waals surface area contributed by atoms with Gasteiger partial charge < -0.3 is 20.3 Å². The summed E-state index contributed by atoms with van der Waals surface area (Å²) in [4.78, 5) is 30.5. The summed E-state index contributed by atoms with van der Waals surface area (Å²) in [6, 6.07) is 13.3. The number of aromatic nitrogens is 1. The second-order valence-electron chi connectivity index (χ2n) is 8.19. The van der Waals surface area contributed by atoms with Crippen LogP contribution in [-0.4, -0.2) is 46.0 Å². The van der Waals surface area contributed by atoms with Gasteiger partial charge in [0.1, 0.15) is 0 Å². The van der Waals surface area contributed by atoms with Gasteiger partial charge in [-0.15, -0.1) is 0 Å². The Morgan fingerprint density at radius 2 is 2.06 bits per heavy atom. The van der Waals surface area contributed by atoms with E-state index in [0.717, 1.165) is 27.9 Å². The molecule has 32 heavy (non-hydrogen) atoms. The second-order valence-corrected chi connectivity index (χ2v) is 8.62. The second kappa shape index (κ2) is 7.97. The molecule has 3 aromatic rings. The van der Waals surface area contributed by atoms with Gasteiger partial charge in [0, 0.05) is 41.3 Å². The zero-order chi connectivity index (χ0) is 22.4. The van der Waals surface area contributed by atoms with Gasteiger partial charge in [-0.2, -0.15) is 0 Å². The third-order valence-corrected chi connectivity index (χ3v) is 6.35. The number of aliphatic hydroxyl groups excluding tert-OH is 1. The topological polar surface area (TPSA) is 85.4 Å². The normalized spacial score (nSPS) is 18.8. The summed E-state index contributed by atoms with van der Waals surface area (Å²) >= 11 is 6.20. The molecule has 3 heterocycles. The minimum absolute atomic E-state index is 0.115. The number of aliphatic hydroxyl groups is 1. The predicted molar refractivity (Wildman–Crippen MR) is 125 cm³/mol. The van der Waals surface area contributed by atoms with Crippen molar-refractivity contribution in [2.45, 2.75) is 19.4 Å². The molecule has 1 saturated heterocycles. The number of β-amino-alcohol motifs (C(OH)–C–C–N with tert-alkyl or cyclic N) is 1. The lowest BCUT2D eigenvalue weighted by Crippen LogP contribution is -2.29. The largest absolute Gasteiger partial charge is 0.391 e. The van der Waals surface area contributed by atoms with Crippen LogP contribution in [0.25, 0.3) is 22.8 Å². The Kier molecular flexibility index (Phi) is 5.12. The zero-order valence-corrected chi connectivity index (χ0v) is 18.2. The molecule has 162 valence electrons. The molecule has 0 unspecified atom stereocenters. The summed E-state index contributed by atoms with van der Waals surface area (Å²) < 4.78 is 0. The summed E-state index contributed by atoms with van der Waals surface area (Å²) in [5, 5.41) is 13.3. The van der Waals surface area contributed by atoms with Crippen LogP contribution in [0.2, 0.25) is 5.02 Å². The first-order valence-electron chi connectivity index (χ1n) is 10.5. The molecule has 0 aliphatic carbocycles. The third-order valence-electron chi connectivity index (χ3n) is 6.11. The first-order valence-corrected chi connectivity index (χ1v) is 10.9. The lowest BCUT2D eigenvalue weighted by Gasteiger charge is -2.15. The number of hydrogen-bond donors (Lipinski definition) is 3. The van der Waals surface area contributed by atoms with Gasteiger partial charge in [-0.1, -0.05) is 35.9 Å². The number of fused-ring (bicyclic) bond motifs is 1. The highest BCUT2D eigenvalue weighted by Gasteiger charge is 2.30. The van der Waals surface area contributed by atoms with E-state index in [1.807, 2.05) is 49.4 Å². The molecule has 2 aliphatic heterocycles. The Balaban J connectivity index is 1.55. The Hall–Kier alpha value is -3.35. The fourth-order valence-corrected chi connectivity index (χ4v) is 4.60. The van der Waals surface area contributed by atoms with E-state index in [1.54, 1.807) is 17.2 Å². The number of nitrogens with one attached hydrogen (secondary N) is 2. The lowest BCUT2D eigenvalue weighted by molar-refractivity contribution is -0.110. The Labute approximate surface area is 190 Å². The van der Waals surface area contributed by atoms with E-state index < -0.39 is 6.10 Å². The minimum atomic E-state index is -0.469. The standard InChI is InChI=1S/C25H22ClN3O3/c1-14-20(25(32)29-9-8-17(30)13-29)12-27-22(14)11-19-23-18(15-4-2-5-16(26)10-15)6-3-7-21(23)28-24(19)31/h2-7,10-12,17,27,30H,8-9,13H2,1H3,(H,28,31)/t17-/m0/s1. The minimum Gasteiger partial charge on any atom is -0.391 e. The smallest absolute Gasteiger partial charge is 0.256 e. The van der Waals surface area contributed by atoms with Crippen LogP contribution < -0.4 is 5.32 Å². The fraction of sp³-hybridized carbons (Fsp3) is 0.200. The van der Waals surface area contributed by atoms with E-state index in [4.69, 9.17) is 11.6 Å². The number of rotatable bonds is 3. The first kappa shape index (κ1) is 20.5.